The molecule has 0 heterocycles. The first-order valence-electron chi connectivity index (χ1n) is 4.05. The number of aliphatic carboxylic acids is 1. The summed E-state index contributed by atoms with van der Waals surface area (Å²) in [4.78, 5) is 10.3. The van der Waals surface area contributed by atoms with E-state index in [0.717, 1.165) is 0 Å². The second-order valence-corrected chi connectivity index (χ2v) is 3.07. The van der Waals surface area contributed by atoms with Crippen LogP contribution in [0.3, 0.4) is 0 Å². The van der Waals surface area contributed by atoms with E-state index in [1.807, 2.05) is 0 Å². The highest BCUT2D eigenvalue weighted by Gasteiger charge is 2.41. The summed E-state index contributed by atoms with van der Waals surface area (Å²) in [6.07, 6.45) is -0.983. The SMILES string of the molecule is O=C(O)CC1=CC=CCC1C(F)(F)F. The second kappa shape index (κ2) is 3.86. The van der Waals surface area contributed by atoms with Gasteiger partial charge in [0.15, 0.2) is 0 Å². The third kappa shape index (κ3) is 2.61. The Kier molecular flexibility index (Phi) is 2.98. The Hall–Kier alpha value is -1.26. The van der Waals surface area contributed by atoms with E-state index in [1.54, 1.807) is 0 Å². The van der Waals surface area contributed by atoms with Crippen molar-refractivity contribution in [2.45, 2.75) is 19.0 Å². The van der Waals surface area contributed by atoms with Crippen LogP contribution in [0, 0.1) is 5.92 Å². The number of carboxylic acids is 1. The molecule has 0 amide bonds. The molecule has 0 saturated heterocycles. The summed E-state index contributed by atoms with van der Waals surface area (Å²) >= 11 is 0. The minimum Gasteiger partial charge on any atom is -0.481 e. The van der Waals surface area contributed by atoms with Gasteiger partial charge in [-0.05, 0) is 12.0 Å². The lowest BCUT2D eigenvalue weighted by molar-refractivity contribution is -0.164. The van der Waals surface area contributed by atoms with Crippen LogP contribution in [0.25, 0.3) is 0 Å². The molecule has 1 rings (SSSR count). The molecule has 0 aromatic rings. The van der Waals surface area contributed by atoms with Crippen LogP contribution in [0.15, 0.2) is 23.8 Å². The predicted octanol–water partition coefficient (Wildman–Crippen LogP) is 2.53. The number of halogens is 3. The third-order valence-electron chi connectivity index (χ3n) is 2.02. The average Bonchev–Trinajstić information content (AvgIpc) is 2.01. The van der Waals surface area contributed by atoms with Gasteiger partial charge in [-0.1, -0.05) is 18.2 Å². The Bertz CT molecular complexity index is 289. The molecule has 0 bridgehead atoms. The molecule has 1 aliphatic carbocycles. The summed E-state index contributed by atoms with van der Waals surface area (Å²) in [6, 6.07) is 0. The van der Waals surface area contributed by atoms with Crippen molar-refractivity contribution in [3.63, 3.8) is 0 Å². The minimum atomic E-state index is -4.36. The van der Waals surface area contributed by atoms with E-state index >= 15 is 0 Å². The van der Waals surface area contributed by atoms with Crippen LogP contribution in [-0.2, 0) is 4.79 Å². The molecule has 0 spiro atoms. The molecule has 0 fully saturated rings. The number of carboxylic acid groups (broad SMARTS) is 1. The Morgan fingerprint density at radius 3 is 2.71 bits per heavy atom. The first-order valence-corrected chi connectivity index (χ1v) is 4.05. The first-order chi connectivity index (χ1) is 6.41. The second-order valence-electron chi connectivity index (χ2n) is 3.07. The normalized spacial score (nSPS) is 21.9. The highest BCUT2D eigenvalue weighted by molar-refractivity contribution is 5.70. The van der Waals surface area contributed by atoms with E-state index in [2.05, 4.69) is 0 Å². The maximum Gasteiger partial charge on any atom is 0.395 e. The third-order valence-corrected chi connectivity index (χ3v) is 2.02. The maximum absolute atomic E-state index is 12.4. The van der Waals surface area contributed by atoms with Gasteiger partial charge in [-0.25, -0.2) is 0 Å². The number of allylic oxidation sites excluding steroid dienone is 3. The van der Waals surface area contributed by atoms with E-state index in [4.69, 9.17) is 5.11 Å². The molecule has 2 nitrogen and oxygen atoms in total. The molecule has 5 heteroatoms. The topological polar surface area (TPSA) is 37.3 Å². The van der Waals surface area contributed by atoms with Gasteiger partial charge in [0, 0.05) is 0 Å². The number of hydrogen-bond acceptors (Lipinski definition) is 1. The van der Waals surface area contributed by atoms with E-state index in [1.165, 1.54) is 18.2 Å². The van der Waals surface area contributed by atoms with Crippen molar-refractivity contribution < 1.29 is 23.1 Å². The summed E-state index contributed by atoms with van der Waals surface area (Å²) in [5.41, 5.74) is -0.0764. The molecular formula is C9H9F3O2. The molecular weight excluding hydrogens is 197 g/mol. The fourth-order valence-corrected chi connectivity index (χ4v) is 1.37. The summed E-state index contributed by atoms with van der Waals surface area (Å²) in [5, 5.41) is 8.42. The average molecular weight is 206 g/mol. The number of alkyl halides is 3. The lowest BCUT2D eigenvalue weighted by Crippen LogP contribution is -2.26. The van der Waals surface area contributed by atoms with Crippen molar-refractivity contribution in [3.05, 3.63) is 23.8 Å². The molecule has 1 N–H and O–H groups in total. The van der Waals surface area contributed by atoms with Gasteiger partial charge in [0.05, 0.1) is 12.3 Å². The smallest absolute Gasteiger partial charge is 0.395 e. The first kappa shape index (κ1) is 10.8. The zero-order valence-electron chi connectivity index (χ0n) is 7.21. The van der Waals surface area contributed by atoms with E-state index < -0.39 is 24.5 Å². The van der Waals surface area contributed by atoms with Gasteiger partial charge in [-0.15, -0.1) is 0 Å². The van der Waals surface area contributed by atoms with Gasteiger partial charge in [0.25, 0.3) is 0 Å². The van der Waals surface area contributed by atoms with Crippen molar-refractivity contribution in [3.8, 4) is 0 Å². The standard InChI is InChI=1S/C9H9F3O2/c10-9(11,12)7-4-2-1-3-6(7)5-8(13)14/h1-3,7H,4-5H2,(H,13,14). The van der Waals surface area contributed by atoms with Crippen LogP contribution in [0.5, 0.6) is 0 Å². The van der Waals surface area contributed by atoms with Crippen LogP contribution < -0.4 is 0 Å². The Labute approximate surface area is 78.7 Å². The lowest BCUT2D eigenvalue weighted by atomic mass is 9.89. The minimum absolute atomic E-state index is 0.0764. The van der Waals surface area contributed by atoms with Crippen LogP contribution in [-0.4, -0.2) is 17.3 Å². The van der Waals surface area contributed by atoms with Crippen LogP contribution >= 0.6 is 0 Å². The molecule has 1 aliphatic rings. The van der Waals surface area contributed by atoms with Gasteiger partial charge in [0.1, 0.15) is 0 Å². The summed E-state index contributed by atoms with van der Waals surface area (Å²) < 4.78 is 37.1. The van der Waals surface area contributed by atoms with Gasteiger partial charge in [0.2, 0.25) is 0 Å². The number of hydrogen-bond donors (Lipinski definition) is 1. The van der Waals surface area contributed by atoms with Crippen molar-refractivity contribution in [2.75, 3.05) is 0 Å². The lowest BCUT2D eigenvalue weighted by Gasteiger charge is -2.23. The number of rotatable bonds is 2. The molecule has 0 aromatic carbocycles. The summed E-state index contributed by atoms with van der Waals surface area (Å²) in [6.45, 7) is 0. The van der Waals surface area contributed by atoms with Crippen LogP contribution in [0.1, 0.15) is 12.8 Å². The van der Waals surface area contributed by atoms with Crippen molar-refractivity contribution in [2.24, 2.45) is 5.92 Å². The molecule has 0 saturated carbocycles. The Balaban J connectivity index is 2.82. The van der Waals surface area contributed by atoms with Crippen molar-refractivity contribution in [1.82, 2.24) is 0 Å². The van der Waals surface area contributed by atoms with E-state index in [-0.39, 0.29) is 12.0 Å². The van der Waals surface area contributed by atoms with Gasteiger partial charge < -0.3 is 5.11 Å². The van der Waals surface area contributed by atoms with Crippen molar-refractivity contribution in [1.29, 1.82) is 0 Å². The highest BCUT2D eigenvalue weighted by Crippen LogP contribution is 2.37. The van der Waals surface area contributed by atoms with Crippen LogP contribution in [0.4, 0.5) is 13.2 Å². The molecule has 14 heavy (non-hydrogen) atoms. The van der Waals surface area contributed by atoms with Gasteiger partial charge in [-0.3, -0.25) is 4.79 Å². The maximum atomic E-state index is 12.4. The largest absolute Gasteiger partial charge is 0.481 e. The Morgan fingerprint density at radius 1 is 1.57 bits per heavy atom. The van der Waals surface area contributed by atoms with Crippen molar-refractivity contribution >= 4 is 5.97 Å². The van der Waals surface area contributed by atoms with E-state index in [9.17, 15) is 18.0 Å². The monoisotopic (exact) mass is 206 g/mol. The predicted molar refractivity (Wildman–Crippen MR) is 43.6 cm³/mol. The fraction of sp³-hybridized carbons (Fsp3) is 0.444. The molecule has 0 aliphatic heterocycles. The zero-order chi connectivity index (χ0) is 10.8. The fourth-order valence-electron chi connectivity index (χ4n) is 1.37. The molecule has 1 unspecified atom stereocenters. The zero-order valence-corrected chi connectivity index (χ0v) is 7.21. The van der Waals surface area contributed by atoms with E-state index in [0.29, 0.717) is 0 Å². The van der Waals surface area contributed by atoms with Gasteiger partial charge >= 0.3 is 12.1 Å². The van der Waals surface area contributed by atoms with Crippen LogP contribution in [0.2, 0.25) is 0 Å². The highest BCUT2D eigenvalue weighted by atomic mass is 19.4. The van der Waals surface area contributed by atoms with Gasteiger partial charge in [-0.2, -0.15) is 13.2 Å². The summed E-state index contributed by atoms with van der Waals surface area (Å²) in [5.74, 6) is -2.87. The molecule has 0 aromatic heterocycles. The summed E-state index contributed by atoms with van der Waals surface area (Å²) in [7, 11) is 0. The molecule has 78 valence electrons. The molecule has 0 radical (unpaired) electrons. The molecule has 1 atom stereocenters. The number of carbonyl (C=O) groups is 1. The quantitative estimate of drug-likeness (QED) is 0.753. The Morgan fingerprint density at radius 2 is 2.21 bits per heavy atom.